The quantitative estimate of drug-likeness (QED) is 0.682. The van der Waals surface area contributed by atoms with E-state index in [9.17, 15) is 5.11 Å². The van der Waals surface area contributed by atoms with Gasteiger partial charge in [-0.15, -0.1) is 0 Å². The lowest BCUT2D eigenvalue weighted by molar-refractivity contribution is 0.179. The van der Waals surface area contributed by atoms with Crippen molar-refractivity contribution >= 4 is 11.4 Å². The van der Waals surface area contributed by atoms with Crippen molar-refractivity contribution in [2.75, 3.05) is 17.2 Å². The van der Waals surface area contributed by atoms with Crippen LogP contribution in [0.5, 0.6) is 0 Å². The predicted molar refractivity (Wildman–Crippen MR) is 72.4 cm³/mol. The molecule has 1 heterocycles. The molecule has 17 heavy (non-hydrogen) atoms. The molecule has 0 spiro atoms. The number of anilines is 2. The van der Waals surface area contributed by atoms with Gasteiger partial charge in [0.25, 0.3) is 0 Å². The Balaban J connectivity index is 2.52. The van der Waals surface area contributed by atoms with Crippen LogP contribution >= 0.6 is 0 Å². The first-order chi connectivity index (χ1) is 8.11. The van der Waals surface area contributed by atoms with Crippen molar-refractivity contribution in [2.24, 2.45) is 0 Å². The summed E-state index contributed by atoms with van der Waals surface area (Å²) in [6, 6.07) is 2.28. The van der Waals surface area contributed by atoms with E-state index >= 15 is 0 Å². The first-order valence-electron chi connectivity index (χ1n) is 6.25. The second kappa shape index (κ2) is 7.12. The number of rotatable bonds is 7. The number of pyridine rings is 1. The van der Waals surface area contributed by atoms with Crippen LogP contribution in [0.2, 0.25) is 0 Å². The summed E-state index contributed by atoms with van der Waals surface area (Å²) in [5.74, 6) is 0. The summed E-state index contributed by atoms with van der Waals surface area (Å²) in [7, 11) is 0. The highest BCUT2D eigenvalue weighted by Gasteiger charge is 2.06. The van der Waals surface area contributed by atoms with Crippen molar-refractivity contribution < 1.29 is 5.11 Å². The fraction of sp³-hybridized carbons (Fsp3) is 0.615. The first kappa shape index (κ1) is 13.8. The van der Waals surface area contributed by atoms with E-state index in [-0.39, 0.29) is 12.1 Å². The molecule has 1 aromatic rings. The van der Waals surface area contributed by atoms with E-state index in [1.54, 1.807) is 13.1 Å². The van der Waals surface area contributed by atoms with Crippen LogP contribution in [0.4, 0.5) is 11.4 Å². The lowest BCUT2D eigenvalue weighted by atomic mass is 10.1. The maximum Gasteiger partial charge on any atom is 0.0549 e. The second-order valence-electron chi connectivity index (χ2n) is 4.52. The fourth-order valence-corrected chi connectivity index (χ4v) is 1.74. The largest absolute Gasteiger partial charge is 0.393 e. The predicted octanol–water partition coefficient (Wildman–Crippen LogP) is 2.47. The Morgan fingerprint density at radius 3 is 2.65 bits per heavy atom. The number of aliphatic hydroxyl groups is 1. The third-order valence-corrected chi connectivity index (χ3v) is 2.43. The third-order valence-electron chi connectivity index (χ3n) is 2.43. The van der Waals surface area contributed by atoms with E-state index in [0.717, 1.165) is 30.8 Å². The summed E-state index contributed by atoms with van der Waals surface area (Å²) in [5.41, 5.74) is 2.01. The molecule has 0 aliphatic heterocycles. The van der Waals surface area contributed by atoms with Crippen molar-refractivity contribution in [3.05, 3.63) is 18.5 Å². The summed E-state index contributed by atoms with van der Waals surface area (Å²) >= 11 is 0. The number of nitrogens with one attached hydrogen (secondary N) is 2. The molecule has 0 amide bonds. The number of nitrogens with zero attached hydrogens (tertiary/aromatic N) is 1. The van der Waals surface area contributed by atoms with Crippen LogP contribution in [0.25, 0.3) is 0 Å². The zero-order valence-corrected chi connectivity index (χ0v) is 10.9. The molecule has 2 unspecified atom stereocenters. The molecule has 1 rings (SSSR count). The summed E-state index contributed by atoms with van der Waals surface area (Å²) in [5, 5.41) is 15.9. The molecular formula is C13H23N3O. The number of hydrogen-bond donors (Lipinski definition) is 3. The van der Waals surface area contributed by atoms with E-state index in [2.05, 4.69) is 29.5 Å². The Bertz CT molecular complexity index is 328. The van der Waals surface area contributed by atoms with Crippen LogP contribution in [-0.2, 0) is 0 Å². The molecule has 4 heteroatoms. The highest BCUT2D eigenvalue weighted by Crippen LogP contribution is 2.15. The molecule has 0 fully saturated rings. The number of hydrogen-bond acceptors (Lipinski definition) is 4. The van der Waals surface area contributed by atoms with Crippen molar-refractivity contribution in [1.29, 1.82) is 0 Å². The average Bonchev–Trinajstić information content (AvgIpc) is 2.25. The van der Waals surface area contributed by atoms with Crippen LogP contribution < -0.4 is 10.6 Å². The summed E-state index contributed by atoms with van der Waals surface area (Å²) < 4.78 is 0. The zero-order valence-electron chi connectivity index (χ0n) is 10.9. The molecule has 0 saturated heterocycles. The van der Waals surface area contributed by atoms with E-state index in [1.165, 1.54) is 0 Å². The topological polar surface area (TPSA) is 57.2 Å². The summed E-state index contributed by atoms with van der Waals surface area (Å²) in [4.78, 5) is 4.18. The minimum Gasteiger partial charge on any atom is -0.393 e. The lowest BCUT2D eigenvalue weighted by Gasteiger charge is -2.17. The molecule has 0 bridgehead atoms. The van der Waals surface area contributed by atoms with Crippen LogP contribution in [0, 0.1) is 0 Å². The number of aromatic nitrogens is 1. The fourth-order valence-electron chi connectivity index (χ4n) is 1.74. The van der Waals surface area contributed by atoms with Crippen molar-refractivity contribution in [2.45, 2.75) is 45.8 Å². The van der Waals surface area contributed by atoms with Gasteiger partial charge in [0.2, 0.25) is 0 Å². The van der Waals surface area contributed by atoms with Gasteiger partial charge in [-0.2, -0.15) is 0 Å². The first-order valence-corrected chi connectivity index (χ1v) is 6.25. The normalized spacial score (nSPS) is 14.1. The molecule has 2 atom stereocenters. The lowest BCUT2D eigenvalue weighted by Crippen LogP contribution is -2.20. The van der Waals surface area contributed by atoms with E-state index in [1.807, 2.05) is 12.3 Å². The van der Waals surface area contributed by atoms with Crippen LogP contribution in [-0.4, -0.2) is 28.8 Å². The van der Waals surface area contributed by atoms with Crippen molar-refractivity contribution in [3.63, 3.8) is 0 Å². The zero-order chi connectivity index (χ0) is 12.7. The van der Waals surface area contributed by atoms with Gasteiger partial charge in [0, 0.05) is 12.6 Å². The van der Waals surface area contributed by atoms with Gasteiger partial charge < -0.3 is 15.7 Å². The maximum atomic E-state index is 9.30. The smallest absolute Gasteiger partial charge is 0.0549 e. The molecule has 1 aromatic heterocycles. The summed E-state index contributed by atoms with van der Waals surface area (Å²) in [6.45, 7) is 6.94. The monoisotopic (exact) mass is 237 g/mol. The molecule has 96 valence electrons. The van der Waals surface area contributed by atoms with Crippen molar-refractivity contribution in [3.8, 4) is 0 Å². The Morgan fingerprint density at radius 2 is 2.00 bits per heavy atom. The second-order valence-corrected chi connectivity index (χ2v) is 4.52. The van der Waals surface area contributed by atoms with Gasteiger partial charge in [-0.05, 0) is 32.8 Å². The Labute approximate surface area is 103 Å². The van der Waals surface area contributed by atoms with Crippen LogP contribution in [0.3, 0.4) is 0 Å². The standard InChI is InChI=1S/C13H23N3O/c1-4-5-15-12-7-13(9-14-8-12)16-10(2)6-11(3)17/h7-11,15-17H,4-6H2,1-3H3. The highest BCUT2D eigenvalue weighted by molar-refractivity contribution is 5.54. The van der Waals surface area contributed by atoms with E-state index in [4.69, 9.17) is 0 Å². The van der Waals surface area contributed by atoms with Crippen molar-refractivity contribution in [1.82, 2.24) is 4.98 Å². The molecule has 3 N–H and O–H groups in total. The van der Waals surface area contributed by atoms with Gasteiger partial charge in [-0.25, -0.2) is 0 Å². The van der Waals surface area contributed by atoms with Gasteiger partial charge in [0.15, 0.2) is 0 Å². The third kappa shape index (κ3) is 5.54. The molecule has 0 radical (unpaired) electrons. The molecule has 4 nitrogen and oxygen atoms in total. The Hall–Kier alpha value is -1.29. The highest BCUT2D eigenvalue weighted by atomic mass is 16.3. The molecule has 0 aliphatic rings. The van der Waals surface area contributed by atoms with Gasteiger partial charge >= 0.3 is 0 Å². The van der Waals surface area contributed by atoms with Gasteiger partial charge in [0.1, 0.15) is 0 Å². The van der Waals surface area contributed by atoms with Gasteiger partial charge in [-0.1, -0.05) is 6.92 Å². The Morgan fingerprint density at radius 1 is 1.29 bits per heavy atom. The minimum absolute atomic E-state index is 0.234. The van der Waals surface area contributed by atoms with E-state index < -0.39 is 0 Å². The van der Waals surface area contributed by atoms with Crippen LogP contribution in [0.15, 0.2) is 18.5 Å². The number of aliphatic hydroxyl groups excluding tert-OH is 1. The summed E-state index contributed by atoms with van der Waals surface area (Å²) in [6.07, 6.45) is 5.16. The van der Waals surface area contributed by atoms with E-state index in [0.29, 0.717) is 0 Å². The molecular weight excluding hydrogens is 214 g/mol. The maximum absolute atomic E-state index is 9.30. The minimum atomic E-state index is -0.285. The molecule has 0 saturated carbocycles. The SMILES string of the molecule is CCCNc1cncc(NC(C)CC(C)O)c1. The van der Waals surface area contributed by atoms with Gasteiger partial charge in [0.05, 0.1) is 29.9 Å². The van der Waals surface area contributed by atoms with Crippen LogP contribution in [0.1, 0.15) is 33.6 Å². The van der Waals surface area contributed by atoms with Gasteiger partial charge in [-0.3, -0.25) is 4.98 Å². The molecule has 0 aliphatic carbocycles. The Kier molecular flexibility index (Phi) is 5.77. The molecule has 0 aromatic carbocycles. The average molecular weight is 237 g/mol.